The number of carbonyl (C=O) groups excluding carboxylic acids is 1. The number of methoxy groups -OCH3 is 1. The van der Waals surface area contributed by atoms with Crippen molar-refractivity contribution in [3.63, 3.8) is 0 Å². The van der Waals surface area contributed by atoms with Gasteiger partial charge in [0, 0.05) is 17.3 Å². The summed E-state index contributed by atoms with van der Waals surface area (Å²) in [5, 5.41) is 12.2. The van der Waals surface area contributed by atoms with Crippen LogP contribution in [0.1, 0.15) is 23.7 Å². The topological polar surface area (TPSA) is 67.8 Å². The Kier molecular flexibility index (Phi) is 6.09. The van der Waals surface area contributed by atoms with Crippen LogP contribution in [0.25, 0.3) is 0 Å². The molecule has 0 spiro atoms. The lowest BCUT2D eigenvalue weighted by Gasteiger charge is -2.14. The predicted molar refractivity (Wildman–Crippen MR) is 97.6 cm³/mol. The van der Waals surface area contributed by atoms with Gasteiger partial charge in [-0.15, -0.1) is 0 Å². The minimum absolute atomic E-state index is 0.0956. The Morgan fingerprint density at radius 3 is 2.74 bits per heavy atom. The Balaban J connectivity index is 2.25. The molecular formula is C17H18INO4. The quantitative estimate of drug-likeness (QED) is 0.683. The standard InChI is InChI=1S/C17H18INO4/c1-3-7-23-16-14(18)8-11(9-15(16)22-2)17(21)19-12-5-4-6-13(20)10-12/h4-6,8-10,20H,3,7H2,1-2H3,(H,19,21). The summed E-state index contributed by atoms with van der Waals surface area (Å²) in [4.78, 5) is 12.4. The fraction of sp³-hybridized carbons (Fsp3) is 0.235. The highest BCUT2D eigenvalue weighted by molar-refractivity contribution is 14.1. The summed E-state index contributed by atoms with van der Waals surface area (Å²) in [5.41, 5.74) is 0.980. The molecule has 2 aromatic carbocycles. The third kappa shape index (κ3) is 4.51. The highest BCUT2D eigenvalue weighted by atomic mass is 127. The van der Waals surface area contributed by atoms with Crippen LogP contribution < -0.4 is 14.8 Å². The number of aromatic hydroxyl groups is 1. The van der Waals surface area contributed by atoms with E-state index in [1.807, 2.05) is 6.92 Å². The van der Waals surface area contributed by atoms with Gasteiger partial charge in [-0.25, -0.2) is 0 Å². The fourth-order valence-electron chi connectivity index (χ4n) is 1.98. The second-order valence-corrected chi connectivity index (χ2v) is 6.00. The van der Waals surface area contributed by atoms with E-state index in [1.165, 1.54) is 6.07 Å². The molecule has 0 saturated carbocycles. The van der Waals surface area contributed by atoms with E-state index in [0.717, 1.165) is 9.99 Å². The van der Waals surface area contributed by atoms with E-state index >= 15 is 0 Å². The zero-order chi connectivity index (χ0) is 16.8. The first kappa shape index (κ1) is 17.4. The van der Waals surface area contributed by atoms with Crippen molar-refractivity contribution in [3.05, 3.63) is 45.5 Å². The molecule has 23 heavy (non-hydrogen) atoms. The van der Waals surface area contributed by atoms with Crippen LogP contribution in [-0.4, -0.2) is 24.7 Å². The van der Waals surface area contributed by atoms with E-state index < -0.39 is 0 Å². The lowest BCUT2D eigenvalue weighted by Crippen LogP contribution is -2.13. The molecular weight excluding hydrogens is 409 g/mol. The largest absolute Gasteiger partial charge is 0.508 e. The van der Waals surface area contributed by atoms with Gasteiger partial charge in [-0.05, 0) is 53.3 Å². The molecule has 0 aliphatic rings. The van der Waals surface area contributed by atoms with Crippen LogP contribution in [0.3, 0.4) is 0 Å². The average molecular weight is 427 g/mol. The number of rotatable bonds is 6. The van der Waals surface area contributed by atoms with Gasteiger partial charge in [0.1, 0.15) is 5.75 Å². The minimum Gasteiger partial charge on any atom is -0.508 e. The number of halogens is 1. The van der Waals surface area contributed by atoms with Crippen molar-refractivity contribution >= 4 is 34.2 Å². The molecule has 2 N–H and O–H groups in total. The van der Waals surface area contributed by atoms with Crippen molar-refractivity contribution in [2.45, 2.75) is 13.3 Å². The van der Waals surface area contributed by atoms with E-state index in [-0.39, 0.29) is 11.7 Å². The predicted octanol–water partition coefficient (Wildman–Crippen LogP) is 4.05. The number of hydrogen-bond acceptors (Lipinski definition) is 4. The highest BCUT2D eigenvalue weighted by Gasteiger charge is 2.15. The zero-order valence-electron chi connectivity index (χ0n) is 12.9. The van der Waals surface area contributed by atoms with Gasteiger partial charge < -0.3 is 19.9 Å². The molecule has 2 aromatic rings. The first-order valence-electron chi connectivity index (χ1n) is 7.16. The summed E-state index contributed by atoms with van der Waals surface area (Å²) < 4.78 is 11.8. The van der Waals surface area contributed by atoms with E-state index in [9.17, 15) is 9.90 Å². The van der Waals surface area contributed by atoms with E-state index in [0.29, 0.717) is 29.4 Å². The third-order valence-electron chi connectivity index (χ3n) is 3.05. The number of ether oxygens (including phenoxy) is 2. The van der Waals surface area contributed by atoms with E-state index in [2.05, 4.69) is 27.9 Å². The molecule has 122 valence electrons. The minimum atomic E-state index is -0.283. The molecule has 0 heterocycles. The summed E-state index contributed by atoms with van der Waals surface area (Å²) in [5.74, 6) is 0.974. The Bertz CT molecular complexity index is 703. The van der Waals surface area contributed by atoms with Crippen LogP contribution in [-0.2, 0) is 0 Å². The van der Waals surface area contributed by atoms with Crippen LogP contribution in [0.5, 0.6) is 17.2 Å². The molecule has 6 heteroatoms. The lowest BCUT2D eigenvalue weighted by molar-refractivity contribution is 0.102. The number of benzene rings is 2. The maximum absolute atomic E-state index is 12.4. The van der Waals surface area contributed by atoms with Crippen LogP contribution in [0.4, 0.5) is 5.69 Å². The van der Waals surface area contributed by atoms with Crippen molar-refractivity contribution in [1.82, 2.24) is 0 Å². The summed E-state index contributed by atoms with van der Waals surface area (Å²) in [7, 11) is 1.54. The second kappa shape index (κ2) is 8.05. The van der Waals surface area contributed by atoms with Gasteiger partial charge in [-0.1, -0.05) is 13.0 Å². The van der Waals surface area contributed by atoms with Crippen molar-refractivity contribution in [2.24, 2.45) is 0 Å². The molecule has 0 aliphatic carbocycles. The molecule has 1 amide bonds. The number of phenols is 1. The van der Waals surface area contributed by atoms with Gasteiger partial charge in [-0.3, -0.25) is 4.79 Å². The number of anilines is 1. The molecule has 0 aliphatic heterocycles. The summed E-state index contributed by atoms with van der Waals surface area (Å²) in [6, 6.07) is 9.79. The van der Waals surface area contributed by atoms with E-state index in [1.54, 1.807) is 37.4 Å². The van der Waals surface area contributed by atoms with Gasteiger partial charge in [0.2, 0.25) is 0 Å². The van der Waals surface area contributed by atoms with Gasteiger partial charge in [0.25, 0.3) is 5.91 Å². The van der Waals surface area contributed by atoms with Crippen molar-refractivity contribution in [1.29, 1.82) is 0 Å². The van der Waals surface area contributed by atoms with Crippen LogP contribution in [0.2, 0.25) is 0 Å². The molecule has 0 unspecified atom stereocenters. The van der Waals surface area contributed by atoms with Gasteiger partial charge in [-0.2, -0.15) is 0 Å². The fourth-order valence-corrected chi connectivity index (χ4v) is 2.74. The normalized spacial score (nSPS) is 10.2. The van der Waals surface area contributed by atoms with Gasteiger partial charge in [0.05, 0.1) is 17.3 Å². The Labute approximate surface area is 148 Å². The Morgan fingerprint density at radius 2 is 2.09 bits per heavy atom. The van der Waals surface area contributed by atoms with Gasteiger partial charge >= 0.3 is 0 Å². The zero-order valence-corrected chi connectivity index (χ0v) is 15.1. The maximum atomic E-state index is 12.4. The summed E-state index contributed by atoms with van der Waals surface area (Å²) in [6.45, 7) is 2.61. The Morgan fingerprint density at radius 1 is 1.30 bits per heavy atom. The Hall–Kier alpha value is -1.96. The molecule has 2 rings (SSSR count). The molecule has 0 aromatic heterocycles. The van der Waals surface area contributed by atoms with Crippen LogP contribution >= 0.6 is 22.6 Å². The number of hydrogen-bond donors (Lipinski definition) is 2. The SMILES string of the molecule is CCCOc1c(I)cc(C(=O)Nc2cccc(O)c2)cc1OC. The first-order valence-corrected chi connectivity index (χ1v) is 8.23. The molecule has 0 fully saturated rings. The molecule has 0 radical (unpaired) electrons. The highest BCUT2D eigenvalue weighted by Crippen LogP contribution is 2.34. The smallest absolute Gasteiger partial charge is 0.255 e. The number of nitrogens with one attached hydrogen (secondary N) is 1. The lowest BCUT2D eigenvalue weighted by atomic mass is 10.1. The first-order chi connectivity index (χ1) is 11.0. The number of amides is 1. The molecule has 0 saturated heterocycles. The van der Waals surface area contributed by atoms with Crippen LogP contribution in [0, 0.1) is 3.57 Å². The molecule has 0 atom stereocenters. The summed E-state index contributed by atoms with van der Waals surface area (Å²) in [6.07, 6.45) is 0.888. The molecule has 5 nitrogen and oxygen atoms in total. The van der Waals surface area contributed by atoms with E-state index in [4.69, 9.17) is 9.47 Å². The van der Waals surface area contributed by atoms with Gasteiger partial charge in [0.15, 0.2) is 11.5 Å². The van der Waals surface area contributed by atoms with Crippen molar-refractivity contribution in [3.8, 4) is 17.2 Å². The van der Waals surface area contributed by atoms with Crippen molar-refractivity contribution in [2.75, 3.05) is 19.0 Å². The van der Waals surface area contributed by atoms with Crippen molar-refractivity contribution < 1.29 is 19.4 Å². The summed E-state index contributed by atoms with van der Waals surface area (Å²) >= 11 is 2.12. The third-order valence-corrected chi connectivity index (χ3v) is 3.85. The molecule has 0 bridgehead atoms. The monoisotopic (exact) mass is 427 g/mol. The number of phenolic OH excluding ortho intramolecular Hbond substituents is 1. The average Bonchev–Trinajstić information content (AvgIpc) is 2.53. The second-order valence-electron chi connectivity index (χ2n) is 4.84. The maximum Gasteiger partial charge on any atom is 0.255 e. The number of carbonyl (C=O) groups is 1. The van der Waals surface area contributed by atoms with Crippen LogP contribution in [0.15, 0.2) is 36.4 Å².